The van der Waals surface area contributed by atoms with Crippen molar-refractivity contribution in [2.24, 2.45) is 0 Å². The highest BCUT2D eigenvalue weighted by molar-refractivity contribution is 6.31. The fourth-order valence-electron chi connectivity index (χ4n) is 3.36. The second-order valence-electron chi connectivity index (χ2n) is 7.07. The monoisotopic (exact) mass is 372 g/mol. The van der Waals surface area contributed by atoms with Gasteiger partial charge in [-0.05, 0) is 62.2 Å². The Kier molecular flexibility index (Phi) is 5.97. The number of rotatable bonds is 4. The van der Waals surface area contributed by atoms with Crippen LogP contribution >= 0.6 is 11.6 Å². The molecular formula is C21H25ClN2O2. The maximum Gasteiger partial charge on any atom is 0.255 e. The lowest BCUT2D eigenvalue weighted by molar-refractivity contribution is -0.0704. The minimum absolute atomic E-state index is 0.119. The molecule has 0 radical (unpaired) electrons. The lowest BCUT2D eigenvalue weighted by Crippen LogP contribution is -2.44. The first-order chi connectivity index (χ1) is 12.4. The molecule has 1 aliphatic rings. The summed E-state index contributed by atoms with van der Waals surface area (Å²) in [5.41, 5.74) is 3.53. The van der Waals surface area contributed by atoms with E-state index >= 15 is 0 Å². The summed E-state index contributed by atoms with van der Waals surface area (Å²) in [7, 11) is 0. The fraction of sp³-hybridized carbons (Fsp3) is 0.381. The molecule has 0 aromatic heterocycles. The summed E-state index contributed by atoms with van der Waals surface area (Å²) in [6.07, 6.45) is 0.512. The van der Waals surface area contributed by atoms with E-state index in [2.05, 4.69) is 24.1 Å². The molecule has 0 unspecified atom stereocenters. The summed E-state index contributed by atoms with van der Waals surface area (Å²) in [4.78, 5) is 14.8. The van der Waals surface area contributed by atoms with Crippen LogP contribution < -0.4 is 5.32 Å². The standard InChI is InChI=1S/C21H25ClN2O2/c1-14-10-19(8-9-20(14)22)23-21(25)18-6-4-17(5-7-18)13-24-11-15(2)26-16(3)12-24/h4-10,15-16H,11-13H2,1-3H3,(H,23,25)/t15-,16-/m0/s1. The van der Waals surface area contributed by atoms with Crippen molar-refractivity contribution in [2.75, 3.05) is 18.4 Å². The molecule has 0 aliphatic carbocycles. The first-order valence-corrected chi connectivity index (χ1v) is 9.33. The Balaban J connectivity index is 1.61. The van der Waals surface area contributed by atoms with Crippen LogP contribution in [0.25, 0.3) is 0 Å². The molecule has 26 heavy (non-hydrogen) atoms. The number of benzene rings is 2. The largest absolute Gasteiger partial charge is 0.373 e. The molecule has 1 heterocycles. The van der Waals surface area contributed by atoms with Gasteiger partial charge in [0.05, 0.1) is 12.2 Å². The van der Waals surface area contributed by atoms with E-state index in [0.717, 1.165) is 30.9 Å². The minimum atomic E-state index is -0.119. The molecular weight excluding hydrogens is 348 g/mol. The molecule has 0 saturated carbocycles. The molecule has 0 spiro atoms. The number of aryl methyl sites for hydroxylation is 1. The van der Waals surface area contributed by atoms with Crippen LogP contribution in [0.3, 0.4) is 0 Å². The minimum Gasteiger partial charge on any atom is -0.373 e. The average Bonchev–Trinajstić information content (AvgIpc) is 2.58. The molecule has 1 aliphatic heterocycles. The molecule has 1 amide bonds. The van der Waals surface area contributed by atoms with Gasteiger partial charge in [0, 0.05) is 35.9 Å². The van der Waals surface area contributed by atoms with Crippen LogP contribution in [0.1, 0.15) is 35.3 Å². The third-order valence-electron chi connectivity index (χ3n) is 4.53. The number of hydrogen-bond acceptors (Lipinski definition) is 3. The van der Waals surface area contributed by atoms with E-state index in [1.165, 1.54) is 5.56 Å². The van der Waals surface area contributed by atoms with E-state index in [1.807, 2.05) is 43.3 Å². The highest BCUT2D eigenvalue weighted by Gasteiger charge is 2.22. The SMILES string of the molecule is Cc1cc(NC(=O)c2ccc(CN3C[C@H](C)O[C@@H](C)C3)cc2)ccc1Cl. The number of nitrogens with zero attached hydrogens (tertiary/aromatic N) is 1. The van der Waals surface area contributed by atoms with E-state index in [-0.39, 0.29) is 18.1 Å². The van der Waals surface area contributed by atoms with Gasteiger partial charge in [-0.25, -0.2) is 0 Å². The number of carbonyl (C=O) groups is 1. The van der Waals surface area contributed by atoms with Crippen LogP contribution in [0.5, 0.6) is 0 Å². The van der Waals surface area contributed by atoms with Crippen LogP contribution in [0.4, 0.5) is 5.69 Å². The summed E-state index contributed by atoms with van der Waals surface area (Å²) in [6, 6.07) is 13.3. The Labute approximate surface area is 160 Å². The van der Waals surface area contributed by atoms with E-state index in [0.29, 0.717) is 10.6 Å². The maximum atomic E-state index is 12.4. The molecule has 4 nitrogen and oxygen atoms in total. The first-order valence-electron chi connectivity index (χ1n) is 8.95. The zero-order valence-electron chi connectivity index (χ0n) is 15.5. The van der Waals surface area contributed by atoms with Crippen LogP contribution in [0.2, 0.25) is 5.02 Å². The summed E-state index contributed by atoms with van der Waals surface area (Å²) < 4.78 is 5.77. The number of morpholine rings is 1. The third kappa shape index (κ3) is 4.85. The van der Waals surface area contributed by atoms with Gasteiger partial charge in [0.25, 0.3) is 5.91 Å². The number of nitrogens with one attached hydrogen (secondary N) is 1. The lowest BCUT2D eigenvalue weighted by atomic mass is 10.1. The van der Waals surface area contributed by atoms with Crippen LogP contribution in [-0.2, 0) is 11.3 Å². The number of amides is 1. The van der Waals surface area contributed by atoms with Crippen LogP contribution in [0, 0.1) is 6.92 Å². The Bertz CT molecular complexity index is 766. The van der Waals surface area contributed by atoms with E-state index in [9.17, 15) is 4.79 Å². The molecule has 0 bridgehead atoms. The van der Waals surface area contributed by atoms with Crippen molar-refractivity contribution in [3.8, 4) is 0 Å². The number of hydrogen-bond donors (Lipinski definition) is 1. The first kappa shape index (κ1) is 18.9. The maximum absolute atomic E-state index is 12.4. The number of ether oxygens (including phenoxy) is 1. The zero-order valence-corrected chi connectivity index (χ0v) is 16.2. The van der Waals surface area contributed by atoms with Crippen LogP contribution in [0.15, 0.2) is 42.5 Å². The van der Waals surface area contributed by atoms with Crippen molar-refractivity contribution < 1.29 is 9.53 Å². The highest BCUT2D eigenvalue weighted by atomic mass is 35.5. The predicted octanol–water partition coefficient (Wildman–Crippen LogP) is 4.51. The number of anilines is 1. The van der Waals surface area contributed by atoms with Crippen molar-refractivity contribution >= 4 is 23.2 Å². The Morgan fingerprint density at radius 2 is 1.81 bits per heavy atom. The van der Waals surface area contributed by atoms with Crippen molar-refractivity contribution in [3.05, 3.63) is 64.2 Å². The summed E-state index contributed by atoms with van der Waals surface area (Å²) in [5.74, 6) is -0.119. The summed E-state index contributed by atoms with van der Waals surface area (Å²) >= 11 is 6.03. The molecule has 3 rings (SSSR count). The Hall–Kier alpha value is -1.88. The van der Waals surface area contributed by atoms with Gasteiger partial charge in [-0.3, -0.25) is 9.69 Å². The Morgan fingerprint density at radius 1 is 1.15 bits per heavy atom. The van der Waals surface area contributed by atoms with Gasteiger partial charge >= 0.3 is 0 Å². The number of halogens is 1. The molecule has 2 aromatic carbocycles. The van der Waals surface area contributed by atoms with E-state index < -0.39 is 0 Å². The second-order valence-corrected chi connectivity index (χ2v) is 7.47. The van der Waals surface area contributed by atoms with Crippen molar-refractivity contribution in [1.82, 2.24) is 4.90 Å². The van der Waals surface area contributed by atoms with Gasteiger partial charge in [0.1, 0.15) is 0 Å². The Morgan fingerprint density at radius 3 is 2.42 bits per heavy atom. The average molecular weight is 373 g/mol. The topological polar surface area (TPSA) is 41.6 Å². The van der Waals surface area contributed by atoms with Crippen molar-refractivity contribution in [1.29, 1.82) is 0 Å². The van der Waals surface area contributed by atoms with Gasteiger partial charge in [-0.15, -0.1) is 0 Å². The molecule has 1 N–H and O–H groups in total. The van der Waals surface area contributed by atoms with Crippen molar-refractivity contribution in [3.63, 3.8) is 0 Å². The normalized spacial score (nSPS) is 20.8. The molecule has 138 valence electrons. The smallest absolute Gasteiger partial charge is 0.255 e. The van der Waals surface area contributed by atoms with Gasteiger partial charge in [0.15, 0.2) is 0 Å². The molecule has 1 saturated heterocycles. The van der Waals surface area contributed by atoms with Gasteiger partial charge in [-0.1, -0.05) is 23.7 Å². The predicted molar refractivity (Wildman–Crippen MR) is 106 cm³/mol. The van der Waals surface area contributed by atoms with Gasteiger partial charge < -0.3 is 10.1 Å². The molecule has 5 heteroatoms. The highest BCUT2D eigenvalue weighted by Crippen LogP contribution is 2.20. The van der Waals surface area contributed by atoms with E-state index in [1.54, 1.807) is 6.07 Å². The van der Waals surface area contributed by atoms with Gasteiger partial charge in [-0.2, -0.15) is 0 Å². The summed E-state index contributed by atoms with van der Waals surface area (Å²) in [5, 5.41) is 3.61. The third-order valence-corrected chi connectivity index (χ3v) is 4.96. The quantitative estimate of drug-likeness (QED) is 0.858. The van der Waals surface area contributed by atoms with E-state index in [4.69, 9.17) is 16.3 Å². The van der Waals surface area contributed by atoms with Crippen molar-refractivity contribution in [2.45, 2.75) is 39.5 Å². The van der Waals surface area contributed by atoms with Crippen LogP contribution in [-0.4, -0.2) is 36.1 Å². The fourth-order valence-corrected chi connectivity index (χ4v) is 3.48. The molecule has 2 aromatic rings. The molecule has 1 fully saturated rings. The lowest BCUT2D eigenvalue weighted by Gasteiger charge is -2.35. The zero-order chi connectivity index (χ0) is 18.7. The number of carbonyl (C=O) groups excluding carboxylic acids is 1. The van der Waals surface area contributed by atoms with Gasteiger partial charge in [0.2, 0.25) is 0 Å². The summed E-state index contributed by atoms with van der Waals surface area (Å²) in [6.45, 7) is 8.87. The molecule has 2 atom stereocenters. The second kappa shape index (κ2) is 8.21.